The molecule has 1 amide bonds. The zero-order valence-electron chi connectivity index (χ0n) is 14.7. The largest absolute Gasteiger partial charge is 0.494 e. The average molecular weight is 399 g/mol. The van der Waals surface area contributed by atoms with Gasteiger partial charge >= 0.3 is 0 Å². The minimum Gasteiger partial charge on any atom is -0.494 e. The van der Waals surface area contributed by atoms with Gasteiger partial charge in [-0.15, -0.1) is 27.8 Å². The van der Waals surface area contributed by atoms with Crippen LogP contribution >= 0.6 is 22.7 Å². The lowest BCUT2D eigenvalue weighted by molar-refractivity contribution is 0.0954. The molecule has 3 heterocycles. The maximum Gasteiger partial charge on any atom is 0.251 e. The molecule has 1 aromatic carbocycles. The summed E-state index contributed by atoms with van der Waals surface area (Å²) in [5, 5.41) is 11.6. The first-order chi connectivity index (χ1) is 13.2. The van der Waals surface area contributed by atoms with E-state index in [1.54, 1.807) is 34.8 Å². The van der Waals surface area contributed by atoms with Crippen LogP contribution in [0.2, 0.25) is 0 Å². The van der Waals surface area contributed by atoms with Gasteiger partial charge in [0.2, 0.25) is 4.96 Å². The maximum absolute atomic E-state index is 12.3. The summed E-state index contributed by atoms with van der Waals surface area (Å²) in [4.78, 5) is 18.8. The Balaban J connectivity index is 1.38. The molecule has 0 spiro atoms. The lowest BCUT2D eigenvalue weighted by atomic mass is 10.2. The third-order valence-electron chi connectivity index (χ3n) is 3.99. The van der Waals surface area contributed by atoms with E-state index in [2.05, 4.69) is 15.4 Å². The second-order valence-electron chi connectivity index (χ2n) is 5.80. The number of fused-ring (bicyclic) bond motifs is 1. The van der Waals surface area contributed by atoms with Gasteiger partial charge in [-0.3, -0.25) is 4.79 Å². The van der Waals surface area contributed by atoms with Gasteiger partial charge in [0.25, 0.3) is 5.91 Å². The number of nitrogens with zero attached hydrogens (tertiary/aromatic N) is 3. The molecule has 0 radical (unpaired) electrons. The molecule has 0 aliphatic carbocycles. The number of thiophene rings is 1. The molecular weight excluding hydrogens is 380 g/mol. The second-order valence-corrected chi connectivity index (χ2v) is 7.58. The van der Waals surface area contributed by atoms with E-state index >= 15 is 0 Å². The Kier molecular flexibility index (Phi) is 5.17. The lowest BCUT2D eigenvalue weighted by Gasteiger charge is -2.06. The molecule has 4 aromatic rings. The number of benzene rings is 1. The van der Waals surface area contributed by atoms with Crippen LogP contribution in [0.25, 0.3) is 15.7 Å². The number of hydrogen-bond acceptors (Lipinski definition) is 6. The highest BCUT2D eigenvalue weighted by Gasteiger charge is 2.12. The third kappa shape index (κ3) is 3.86. The molecule has 27 heavy (non-hydrogen) atoms. The van der Waals surface area contributed by atoms with Gasteiger partial charge in [0.15, 0.2) is 5.82 Å². The molecule has 0 saturated heterocycles. The standard InChI is InChI=1S/C19H18N4O2S2/c1-2-25-15-7-5-13(6-8-15)18(24)20-10-9-14-12-27-19-21-17(22-23(14)19)16-4-3-11-26-16/h3-8,11-12H,2,9-10H2,1H3,(H,20,24). The Hall–Kier alpha value is -2.71. The van der Waals surface area contributed by atoms with Gasteiger partial charge in [0.05, 0.1) is 17.2 Å². The van der Waals surface area contributed by atoms with Crippen molar-refractivity contribution in [3.63, 3.8) is 0 Å². The summed E-state index contributed by atoms with van der Waals surface area (Å²) in [5.41, 5.74) is 1.66. The van der Waals surface area contributed by atoms with Crippen LogP contribution in [0.1, 0.15) is 23.0 Å². The Morgan fingerprint density at radius 3 is 2.81 bits per heavy atom. The first-order valence-electron chi connectivity index (χ1n) is 8.62. The number of carbonyl (C=O) groups is 1. The van der Waals surface area contributed by atoms with E-state index in [1.807, 2.05) is 46.5 Å². The number of amides is 1. The molecule has 0 unspecified atom stereocenters. The fraction of sp³-hybridized carbons (Fsp3) is 0.211. The number of hydrogen-bond donors (Lipinski definition) is 1. The molecule has 8 heteroatoms. The molecule has 0 aliphatic rings. The molecule has 0 bridgehead atoms. The Bertz CT molecular complexity index is 1040. The van der Waals surface area contributed by atoms with E-state index in [-0.39, 0.29) is 5.91 Å². The summed E-state index contributed by atoms with van der Waals surface area (Å²) in [6.45, 7) is 3.07. The van der Waals surface area contributed by atoms with Gasteiger partial charge in [-0.25, -0.2) is 4.52 Å². The van der Waals surface area contributed by atoms with E-state index in [4.69, 9.17) is 4.74 Å². The van der Waals surface area contributed by atoms with Crippen molar-refractivity contribution in [2.75, 3.05) is 13.2 Å². The zero-order chi connectivity index (χ0) is 18.6. The van der Waals surface area contributed by atoms with Gasteiger partial charge < -0.3 is 10.1 Å². The van der Waals surface area contributed by atoms with Crippen LogP contribution in [0.5, 0.6) is 5.75 Å². The lowest BCUT2D eigenvalue weighted by Crippen LogP contribution is -2.25. The van der Waals surface area contributed by atoms with Crippen molar-refractivity contribution in [3.05, 3.63) is 58.4 Å². The van der Waals surface area contributed by atoms with Gasteiger partial charge in [-0.1, -0.05) is 6.07 Å². The van der Waals surface area contributed by atoms with Crippen LogP contribution in [-0.2, 0) is 6.42 Å². The minimum absolute atomic E-state index is 0.0950. The molecule has 0 aliphatic heterocycles. The monoisotopic (exact) mass is 398 g/mol. The van der Waals surface area contributed by atoms with Gasteiger partial charge in [-0.05, 0) is 42.6 Å². The van der Waals surface area contributed by atoms with Crippen molar-refractivity contribution in [2.45, 2.75) is 13.3 Å². The molecule has 138 valence electrons. The minimum atomic E-state index is -0.0950. The Labute approximate surface area is 164 Å². The average Bonchev–Trinajstić information content (AvgIpc) is 3.40. The second kappa shape index (κ2) is 7.89. The topological polar surface area (TPSA) is 68.5 Å². The van der Waals surface area contributed by atoms with E-state index in [9.17, 15) is 4.79 Å². The molecule has 0 saturated carbocycles. The fourth-order valence-corrected chi connectivity index (χ4v) is 4.19. The van der Waals surface area contributed by atoms with E-state index in [0.717, 1.165) is 27.1 Å². The number of carbonyl (C=O) groups excluding carboxylic acids is 1. The van der Waals surface area contributed by atoms with Crippen LogP contribution in [0, 0.1) is 0 Å². The van der Waals surface area contributed by atoms with Crippen molar-refractivity contribution in [3.8, 4) is 16.5 Å². The summed E-state index contributed by atoms with van der Waals surface area (Å²) in [7, 11) is 0. The molecule has 6 nitrogen and oxygen atoms in total. The third-order valence-corrected chi connectivity index (χ3v) is 5.72. The van der Waals surface area contributed by atoms with Crippen molar-refractivity contribution in [2.24, 2.45) is 0 Å². The molecular formula is C19H18N4O2S2. The number of ether oxygens (including phenoxy) is 1. The van der Waals surface area contributed by atoms with Crippen molar-refractivity contribution >= 4 is 33.5 Å². The number of aromatic nitrogens is 3. The summed E-state index contributed by atoms with van der Waals surface area (Å²) in [5.74, 6) is 1.42. The first kappa shape index (κ1) is 17.7. The zero-order valence-corrected chi connectivity index (χ0v) is 16.3. The normalized spacial score (nSPS) is 11.0. The molecule has 3 aromatic heterocycles. The molecule has 0 fully saturated rings. The number of rotatable bonds is 7. The van der Waals surface area contributed by atoms with Crippen molar-refractivity contribution in [1.29, 1.82) is 0 Å². The summed E-state index contributed by atoms with van der Waals surface area (Å²) >= 11 is 3.19. The first-order valence-corrected chi connectivity index (χ1v) is 10.4. The number of thiazole rings is 1. The summed E-state index contributed by atoms with van der Waals surface area (Å²) < 4.78 is 7.26. The maximum atomic E-state index is 12.3. The van der Waals surface area contributed by atoms with Crippen LogP contribution in [0.15, 0.2) is 47.2 Å². The predicted octanol–water partition coefficient (Wildman–Crippen LogP) is 3.89. The highest BCUT2D eigenvalue weighted by molar-refractivity contribution is 7.15. The highest BCUT2D eigenvalue weighted by Crippen LogP contribution is 2.24. The summed E-state index contributed by atoms with van der Waals surface area (Å²) in [6, 6.07) is 11.2. The van der Waals surface area contributed by atoms with Crippen LogP contribution < -0.4 is 10.1 Å². The van der Waals surface area contributed by atoms with Gasteiger partial charge in [-0.2, -0.15) is 4.98 Å². The smallest absolute Gasteiger partial charge is 0.251 e. The van der Waals surface area contributed by atoms with Crippen LogP contribution in [-0.4, -0.2) is 33.7 Å². The number of nitrogens with one attached hydrogen (secondary N) is 1. The van der Waals surface area contributed by atoms with Crippen LogP contribution in [0.3, 0.4) is 0 Å². The van der Waals surface area contributed by atoms with E-state index < -0.39 is 0 Å². The predicted molar refractivity (Wildman–Crippen MR) is 108 cm³/mol. The Morgan fingerprint density at radius 2 is 2.07 bits per heavy atom. The van der Waals surface area contributed by atoms with Crippen molar-refractivity contribution in [1.82, 2.24) is 19.9 Å². The van der Waals surface area contributed by atoms with Gasteiger partial charge in [0.1, 0.15) is 5.75 Å². The highest BCUT2D eigenvalue weighted by atomic mass is 32.1. The molecule has 4 rings (SSSR count). The van der Waals surface area contributed by atoms with Crippen molar-refractivity contribution < 1.29 is 9.53 Å². The Morgan fingerprint density at radius 1 is 1.22 bits per heavy atom. The molecule has 0 atom stereocenters. The summed E-state index contributed by atoms with van der Waals surface area (Å²) in [6.07, 6.45) is 0.690. The van der Waals surface area contributed by atoms with E-state index in [0.29, 0.717) is 25.1 Å². The molecule has 1 N–H and O–H groups in total. The van der Waals surface area contributed by atoms with Crippen LogP contribution in [0.4, 0.5) is 0 Å². The quantitative estimate of drug-likeness (QED) is 0.513. The fourth-order valence-electron chi connectivity index (χ4n) is 2.68. The van der Waals surface area contributed by atoms with E-state index in [1.165, 1.54) is 0 Å². The van der Waals surface area contributed by atoms with Gasteiger partial charge in [0, 0.05) is 23.9 Å². The SMILES string of the molecule is CCOc1ccc(C(=O)NCCc2csc3nc(-c4cccs4)nn23)cc1.